The number of hydrogen-bond donors (Lipinski definition) is 0. The molecule has 1 atom stereocenters. The van der Waals surface area contributed by atoms with E-state index < -0.39 is 19.3 Å². The number of nitro groups is 1. The molecular formula is C24H31NO5Si. The van der Waals surface area contributed by atoms with Gasteiger partial charge in [-0.05, 0) is 29.8 Å². The summed E-state index contributed by atoms with van der Waals surface area (Å²) in [4.78, 5) is 23.8. The smallest absolute Gasteiger partial charge is 0.311 e. The SMILES string of the molecule is C=CC(=O)[C@H](Cc1cccc([N+](=O)[O-])c1OCc1ccccc1)O[Si](C)(C)C(C)(C)C. The van der Waals surface area contributed by atoms with Crippen LogP contribution in [0.25, 0.3) is 0 Å². The Kier molecular flexibility index (Phi) is 7.92. The molecule has 0 N–H and O–H groups in total. The van der Waals surface area contributed by atoms with Gasteiger partial charge in [-0.25, -0.2) is 0 Å². The molecule has 0 aliphatic rings. The number of ketones is 1. The summed E-state index contributed by atoms with van der Waals surface area (Å²) in [6.45, 7) is 14.2. The van der Waals surface area contributed by atoms with Gasteiger partial charge in [-0.15, -0.1) is 0 Å². The molecular weight excluding hydrogens is 410 g/mol. The van der Waals surface area contributed by atoms with E-state index in [2.05, 4.69) is 40.4 Å². The number of rotatable bonds is 10. The highest BCUT2D eigenvalue weighted by Crippen LogP contribution is 2.39. The van der Waals surface area contributed by atoms with Gasteiger partial charge in [-0.3, -0.25) is 14.9 Å². The number of nitrogens with zero attached hydrogens (tertiary/aromatic N) is 1. The Morgan fingerprint density at radius 3 is 2.35 bits per heavy atom. The second kappa shape index (κ2) is 10.0. The molecule has 2 aromatic carbocycles. The van der Waals surface area contributed by atoms with Crippen LogP contribution in [0.4, 0.5) is 5.69 Å². The maximum Gasteiger partial charge on any atom is 0.311 e. The molecule has 0 aliphatic heterocycles. The Balaban J connectivity index is 2.39. The quantitative estimate of drug-likeness (QED) is 0.200. The maximum absolute atomic E-state index is 12.6. The lowest BCUT2D eigenvalue weighted by molar-refractivity contribution is -0.386. The van der Waals surface area contributed by atoms with Crippen molar-refractivity contribution < 1.29 is 18.9 Å². The zero-order chi connectivity index (χ0) is 23.2. The van der Waals surface area contributed by atoms with E-state index in [4.69, 9.17) is 9.16 Å². The third kappa shape index (κ3) is 6.35. The fourth-order valence-corrected chi connectivity index (χ4v) is 4.10. The number of carbonyl (C=O) groups excluding carboxylic acids is 1. The zero-order valence-electron chi connectivity index (χ0n) is 18.9. The van der Waals surface area contributed by atoms with Crippen LogP contribution in [-0.4, -0.2) is 25.1 Å². The van der Waals surface area contributed by atoms with Crippen LogP contribution in [-0.2, 0) is 22.2 Å². The average molecular weight is 442 g/mol. The second-order valence-corrected chi connectivity index (χ2v) is 13.7. The van der Waals surface area contributed by atoms with Gasteiger partial charge in [0.25, 0.3) is 0 Å². The largest absolute Gasteiger partial charge is 0.482 e. The van der Waals surface area contributed by atoms with Crippen LogP contribution >= 0.6 is 0 Å². The summed E-state index contributed by atoms with van der Waals surface area (Å²) >= 11 is 0. The summed E-state index contributed by atoms with van der Waals surface area (Å²) in [7, 11) is -2.27. The number of nitro benzene ring substituents is 1. The zero-order valence-corrected chi connectivity index (χ0v) is 19.9. The molecule has 2 aromatic rings. The molecule has 0 fully saturated rings. The number of benzene rings is 2. The van der Waals surface area contributed by atoms with Crippen molar-refractivity contribution in [3.63, 3.8) is 0 Å². The molecule has 0 aromatic heterocycles. The summed E-state index contributed by atoms with van der Waals surface area (Å²) < 4.78 is 12.3. The summed E-state index contributed by atoms with van der Waals surface area (Å²) in [6, 6.07) is 14.2. The summed E-state index contributed by atoms with van der Waals surface area (Å²) in [5.41, 5.74) is 1.32. The Morgan fingerprint density at radius 2 is 1.81 bits per heavy atom. The van der Waals surface area contributed by atoms with Gasteiger partial charge >= 0.3 is 5.69 Å². The molecule has 0 saturated carbocycles. The maximum atomic E-state index is 12.6. The molecule has 0 amide bonds. The van der Waals surface area contributed by atoms with E-state index in [0.717, 1.165) is 5.56 Å². The van der Waals surface area contributed by atoms with Crippen LogP contribution in [0.3, 0.4) is 0 Å². The molecule has 7 heteroatoms. The fourth-order valence-electron chi connectivity index (χ4n) is 2.84. The number of hydrogen-bond acceptors (Lipinski definition) is 5. The van der Waals surface area contributed by atoms with E-state index >= 15 is 0 Å². The minimum absolute atomic E-state index is 0.0952. The van der Waals surface area contributed by atoms with Crippen molar-refractivity contribution in [1.82, 2.24) is 0 Å². The van der Waals surface area contributed by atoms with Crippen LogP contribution < -0.4 is 4.74 Å². The van der Waals surface area contributed by atoms with Crippen molar-refractivity contribution in [2.24, 2.45) is 0 Å². The minimum Gasteiger partial charge on any atom is -0.482 e. The first-order chi connectivity index (χ1) is 14.5. The lowest BCUT2D eigenvalue weighted by Gasteiger charge is -2.38. The molecule has 31 heavy (non-hydrogen) atoms. The molecule has 0 bridgehead atoms. The molecule has 0 spiro atoms. The second-order valence-electron chi connectivity index (χ2n) is 8.97. The highest BCUT2D eigenvalue weighted by Gasteiger charge is 2.40. The van der Waals surface area contributed by atoms with Crippen LogP contribution in [0.1, 0.15) is 31.9 Å². The van der Waals surface area contributed by atoms with E-state index in [1.54, 1.807) is 12.1 Å². The Hall–Kier alpha value is -2.77. The van der Waals surface area contributed by atoms with E-state index in [1.165, 1.54) is 12.1 Å². The van der Waals surface area contributed by atoms with Crippen molar-refractivity contribution in [1.29, 1.82) is 0 Å². The lowest BCUT2D eigenvalue weighted by atomic mass is 10.0. The first-order valence-electron chi connectivity index (χ1n) is 10.2. The summed E-state index contributed by atoms with van der Waals surface area (Å²) in [5.74, 6) is -0.0811. The fraction of sp³-hybridized carbons (Fsp3) is 0.375. The Bertz CT molecular complexity index is 935. The number of para-hydroxylation sites is 1. The molecule has 0 aliphatic carbocycles. The van der Waals surface area contributed by atoms with Crippen LogP contribution in [0.5, 0.6) is 5.75 Å². The molecule has 0 radical (unpaired) electrons. The Morgan fingerprint density at radius 1 is 1.16 bits per heavy atom. The van der Waals surface area contributed by atoms with Gasteiger partial charge in [0.05, 0.1) is 4.92 Å². The first-order valence-corrected chi connectivity index (χ1v) is 13.1. The van der Waals surface area contributed by atoms with Crippen molar-refractivity contribution in [2.75, 3.05) is 0 Å². The predicted molar refractivity (Wildman–Crippen MR) is 125 cm³/mol. The third-order valence-corrected chi connectivity index (χ3v) is 10.2. The lowest BCUT2D eigenvalue weighted by Crippen LogP contribution is -2.46. The molecule has 0 saturated heterocycles. The van der Waals surface area contributed by atoms with Gasteiger partial charge in [0.15, 0.2) is 14.1 Å². The third-order valence-electron chi connectivity index (χ3n) is 5.67. The van der Waals surface area contributed by atoms with E-state index in [9.17, 15) is 14.9 Å². The van der Waals surface area contributed by atoms with Crippen molar-refractivity contribution >= 4 is 19.8 Å². The van der Waals surface area contributed by atoms with Crippen LogP contribution in [0.15, 0.2) is 61.2 Å². The van der Waals surface area contributed by atoms with Gasteiger partial charge < -0.3 is 9.16 Å². The van der Waals surface area contributed by atoms with Crippen LogP contribution in [0.2, 0.25) is 18.1 Å². The van der Waals surface area contributed by atoms with Gasteiger partial charge in [0.2, 0.25) is 5.75 Å². The van der Waals surface area contributed by atoms with Gasteiger partial charge in [-0.2, -0.15) is 0 Å². The highest BCUT2D eigenvalue weighted by atomic mass is 28.4. The molecule has 0 unspecified atom stereocenters. The minimum atomic E-state index is -2.27. The monoisotopic (exact) mass is 441 g/mol. The summed E-state index contributed by atoms with van der Waals surface area (Å²) in [5, 5.41) is 11.5. The molecule has 2 rings (SSSR count). The Labute approximate surface area is 185 Å². The topological polar surface area (TPSA) is 78.7 Å². The highest BCUT2D eigenvalue weighted by molar-refractivity contribution is 6.74. The van der Waals surface area contributed by atoms with E-state index in [0.29, 0.717) is 5.56 Å². The molecule has 166 valence electrons. The van der Waals surface area contributed by atoms with E-state index in [1.807, 2.05) is 30.3 Å². The number of ether oxygens (including phenoxy) is 1. The van der Waals surface area contributed by atoms with Crippen LogP contribution in [0, 0.1) is 10.1 Å². The van der Waals surface area contributed by atoms with Gasteiger partial charge in [-0.1, -0.05) is 69.8 Å². The molecule has 6 nitrogen and oxygen atoms in total. The van der Waals surface area contributed by atoms with Crippen molar-refractivity contribution in [3.8, 4) is 5.75 Å². The van der Waals surface area contributed by atoms with E-state index in [-0.39, 0.29) is 35.3 Å². The summed E-state index contributed by atoms with van der Waals surface area (Å²) in [6.07, 6.45) is 0.641. The van der Waals surface area contributed by atoms with Gasteiger partial charge in [0, 0.05) is 18.1 Å². The average Bonchev–Trinajstić information content (AvgIpc) is 2.71. The predicted octanol–water partition coefficient (Wildman–Crippen LogP) is 5.86. The molecule has 0 heterocycles. The van der Waals surface area contributed by atoms with Crippen molar-refractivity contribution in [3.05, 3.63) is 82.4 Å². The standard InChI is InChI=1S/C24H31NO5Si/c1-7-21(26)22(30-31(5,6)24(2,3)4)16-19-14-11-15-20(25(27)28)23(19)29-17-18-12-9-8-10-13-18/h7-15,22H,1,16-17H2,2-6H3/t22-/m0/s1. The van der Waals surface area contributed by atoms with Crippen molar-refractivity contribution in [2.45, 2.75) is 58.0 Å². The first kappa shape index (κ1) is 24.5. The number of carbonyl (C=O) groups is 1. The van der Waals surface area contributed by atoms with Gasteiger partial charge in [0.1, 0.15) is 12.7 Å². The normalized spacial score (nSPS) is 12.8.